The highest BCUT2D eigenvalue weighted by Gasteiger charge is 2.39. The van der Waals surface area contributed by atoms with E-state index in [1.54, 1.807) is 109 Å². The Hall–Kier alpha value is -12.9. The fraction of sp³-hybridized carbons (Fsp3) is 0.155. The van der Waals surface area contributed by atoms with Gasteiger partial charge in [0.1, 0.15) is 45.9 Å². The van der Waals surface area contributed by atoms with Crippen LogP contribution in [0.2, 0.25) is 30.1 Å². The number of rotatable bonds is 30. The zero-order chi connectivity index (χ0) is 86.4. The van der Waals surface area contributed by atoms with Crippen LogP contribution in [-0.4, -0.2) is 160 Å². The van der Waals surface area contributed by atoms with Gasteiger partial charge in [0.2, 0.25) is 10.3 Å². The molecule has 4 atom stereocenters. The zero-order valence-electron chi connectivity index (χ0n) is 61.4. The minimum atomic E-state index is -2.86. The number of aromatic nitrogens is 1. The topological polar surface area (TPSA) is 474 Å². The first kappa shape index (κ1) is 88.5. The number of hydrogen-bond acceptors (Lipinski definition) is 21. The van der Waals surface area contributed by atoms with Crippen molar-refractivity contribution in [1.29, 1.82) is 0 Å². The highest BCUT2D eigenvalue weighted by Crippen LogP contribution is 2.36. The van der Waals surface area contributed by atoms with Crippen LogP contribution in [0.3, 0.4) is 0 Å². The molecule has 0 fully saturated rings. The van der Waals surface area contributed by atoms with E-state index < -0.39 is 123 Å². The van der Waals surface area contributed by atoms with E-state index in [0.29, 0.717) is 41.4 Å². The summed E-state index contributed by atoms with van der Waals surface area (Å²) in [5, 5.41) is 76.8. The summed E-state index contributed by atoms with van der Waals surface area (Å²) in [6, 6.07) is 39.7. The molecule has 1 aromatic heterocycles. The molecule has 610 valence electrons. The Bertz CT molecular complexity index is 5970. The van der Waals surface area contributed by atoms with Crippen molar-refractivity contribution in [3.8, 4) is 23.0 Å². The van der Waals surface area contributed by atoms with Crippen LogP contribution >= 0.6 is 69.6 Å². The van der Waals surface area contributed by atoms with E-state index in [2.05, 4.69) is 31.2 Å². The van der Waals surface area contributed by atoms with Gasteiger partial charge in [0.25, 0.3) is 17.7 Å². The number of H-pyrrole nitrogens is 1. The molecule has 12 rings (SSSR count). The molecular formula is C84H64Cl6N6O22S. The van der Waals surface area contributed by atoms with E-state index in [1.165, 1.54) is 72.8 Å². The lowest BCUT2D eigenvalue weighted by atomic mass is 9.98. The number of amides is 3. The van der Waals surface area contributed by atoms with E-state index in [0.717, 1.165) is 16.7 Å². The summed E-state index contributed by atoms with van der Waals surface area (Å²) in [4.78, 5) is 170. The number of Topliss-reactive ketones (excluding diaryl/α,β-unsaturated/α-hetero) is 7. The summed E-state index contributed by atoms with van der Waals surface area (Å²) in [5.41, 5.74) is 2.96. The van der Waals surface area contributed by atoms with E-state index in [1.807, 2.05) is 0 Å². The van der Waals surface area contributed by atoms with Crippen LogP contribution in [0.5, 0.6) is 23.0 Å². The number of nitrogens with zero attached hydrogens (tertiary/aromatic N) is 1. The van der Waals surface area contributed by atoms with Crippen molar-refractivity contribution in [2.75, 3.05) is 5.32 Å². The van der Waals surface area contributed by atoms with Crippen LogP contribution in [-0.2, 0) is 53.5 Å². The molecule has 0 radical (unpaired) electrons. The lowest BCUT2D eigenvalue weighted by Crippen LogP contribution is -2.49. The summed E-state index contributed by atoms with van der Waals surface area (Å²) < 4.78 is 23.6. The van der Waals surface area contributed by atoms with E-state index >= 15 is 0 Å². The summed E-state index contributed by atoms with van der Waals surface area (Å²) in [6.07, 6.45) is -0.865. The number of phenols is 3. The van der Waals surface area contributed by atoms with Gasteiger partial charge in [0.05, 0.1) is 52.5 Å². The van der Waals surface area contributed by atoms with Gasteiger partial charge in [-0.2, -0.15) is 8.42 Å². The Morgan fingerprint density at radius 2 is 0.798 bits per heavy atom. The summed E-state index contributed by atoms with van der Waals surface area (Å²) in [5.74, 6) is -11.4. The third-order valence-electron chi connectivity index (χ3n) is 18.5. The first-order valence-corrected chi connectivity index (χ1v) is 38.8. The molecule has 28 nitrogen and oxygen atoms in total. The van der Waals surface area contributed by atoms with Gasteiger partial charge in [-0.25, -0.2) is 19.4 Å². The number of carboxylic acid groups (broad SMARTS) is 3. The van der Waals surface area contributed by atoms with Crippen molar-refractivity contribution in [3.63, 3.8) is 0 Å². The smallest absolute Gasteiger partial charge is 0.326 e. The van der Waals surface area contributed by atoms with Crippen LogP contribution in [0.25, 0.3) is 10.9 Å². The molecule has 35 heteroatoms. The first-order valence-electron chi connectivity index (χ1n) is 35.5. The number of aliphatic carboxylic acids is 3. The van der Waals surface area contributed by atoms with Crippen LogP contribution < -0.4 is 21.3 Å². The molecule has 119 heavy (non-hydrogen) atoms. The number of anilines is 1. The molecule has 10 aromatic rings. The normalized spacial score (nSPS) is 13.1. The molecule has 9 aromatic carbocycles. The first-order chi connectivity index (χ1) is 56.5. The molecule has 0 bridgehead atoms. The minimum absolute atomic E-state index is 0.0669. The molecule has 12 N–H and O–H groups in total. The number of aryl methyl sites for hydroxylation is 3. The second-order valence-electron chi connectivity index (χ2n) is 26.7. The molecular weight excluding hydrogens is 1690 g/mol. The highest BCUT2D eigenvalue weighted by atomic mass is 35.5. The number of nitrogens with one attached hydrogen (secondary N) is 5. The molecule has 0 spiro atoms. The number of aromatic hydroxyl groups is 4. The Kier molecular flexibility index (Phi) is 29.3. The summed E-state index contributed by atoms with van der Waals surface area (Å²) in [6.45, 7) is 0. The van der Waals surface area contributed by atoms with E-state index in [9.17, 15) is 106 Å². The number of ketones is 7. The Labute approximate surface area is 705 Å². The fourth-order valence-corrected chi connectivity index (χ4v) is 15.3. The van der Waals surface area contributed by atoms with E-state index in [-0.39, 0.29) is 140 Å². The van der Waals surface area contributed by atoms with Crippen LogP contribution in [0.15, 0.2) is 187 Å². The highest BCUT2D eigenvalue weighted by molar-refractivity contribution is 7.76. The largest absolute Gasteiger partial charge is 0.508 e. The number of phenolic OH excluding ortho intramolecular Hbond substituents is 3. The Morgan fingerprint density at radius 1 is 0.429 bits per heavy atom. The second kappa shape index (κ2) is 39.4. The molecule has 0 saturated heterocycles. The molecule has 0 aliphatic carbocycles. The molecule has 3 amide bonds. The summed E-state index contributed by atoms with van der Waals surface area (Å²) in [7, 11) is -2.86. The fourth-order valence-electron chi connectivity index (χ4n) is 12.6. The third kappa shape index (κ3) is 22.1. The lowest BCUT2D eigenvalue weighted by Gasteiger charge is -2.17. The van der Waals surface area contributed by atoms with E-state index in [4.69, 9.17) is 69.6 Å². The van der Waals surface area contributed by atoms with Gasteiger partial charge >= 0.3 is 17.9 Å². The van der Waals surface area contributed by atoms with Crippen molar-refractivity contribution in [3.05, 3.63) is 279 Å². The minimum Gasteiger partial charge on any atom is -0.508 e. The maximum absolute atomic E-state index is 13.1. The van der Waals surface area contributed by atoms with Gasteiger partial charge in [-0.1, -0.05) is 148 Å². The average Bonchev–Trinajstić information content (AvgIpc) is 1.64. The van der Waals surface area contributed by atoms with Crippen molar-refractivity contribution in [2.24, 2.45) is 4.99 Å². The number of carbonyl (C=O) groups is 13. The van der Waals surface area contributed by atoms with Gasteiger partial charge in [-0.3, -0.25) is 47.9 Å². The average molecular weight is 1750 g/mol. The molecule has 1 unspecified atom stereocenters. The zero-order valence-corrected chi connectivity index (χ0v) is 66.7. The Balaban J connectivity index is 0.000000188. The lowest BCUT2D eigenvalue weighted by molar-refractivity contribution is -0.141. The number of aliphatic imine (C=N–C) groups is 1. The van der Waals surface area contributed by atoms with Gasteiger partial charge in [-0.05, 0) is 139 Å². The van der Waals surface area contributed by atoms with Crippen LogP contribution in [0.4, 0.5) is 11.4 Å². The molecule has 2 aliphatic heterocycles. The van der Waals surface area contributed by atoms with Gasteiger partial charge in [-0.15, -0.1) is 0 Å². The predicted molar refractivity (Wildman–Crippen MR) is 441 cm³/mol. The third-order valence-corrected chi connectivity index (χ3v) is 21.0. The quantitative estimate of drug-likeness (QED) is 0.0113. The molecule has 2 aliphatic rings. The number of fused-ring (bicyclic) bond motifs is 3. The molecule has 0 saturated carbocycles. The second-order valence-corrected chi connectivity index (χ2v) is 30.0. The SMILES string of the molecule is O=C(CCc1cccc(O)c1)c1cc(Cl)c(C(=O)C[C@H](NC(=O)C2Nc3ccccc3C2=O)C(=O)O)c(Cl)c1.O=C(CCc1cccc(O)c1)c1cc(Cl)c(C(=O)C[C@H](NC(=O)c2[nH]c3ccccc3c2O)C(=O)O)c(Cl)c1.O=C(N[C@@H](CC(=O)c1c(Cl)cc(C(=O)CCc2cccc(O)c2)cc1Cl)C(=O)O)C1=Nc2ccccc2C1=S(=O)=O. The van der Waals surface area contributed by atoms with Gasteiger partial charge < -0.3 is 62.0 Å². The van der Waals surface area contributed by atoms with Gasteiger partial charge in [0, 0.05) is 82.9 Å². The number of halogens is 6. The standard InChI is InChI=1S/C28H20Cl2N2O8S.2C28H22Cl2N2O7/c29-18-11-15(22(34)9-8-14-4-3-5-16(33)10-14)12-19(30)24(18)23(35)13-21(28(37)38)32-27(36)25-26(41(39)40)17-6-1-2-7-20(17)31-25;2*29-18-11-15(22(34)9-8-14-4-3-5-16(33)10-14)12-19(30)24(18)23(35)13-21(28(38)39)32-27(37)25-26(36)17-6-1-2-7-20(17)31-25/h1-7,10-12,21,33H,8-9,13H2,(H,32,36)(H,37,38);1-7,10-12,21,31,33,36H,8-9,13H2,(H,32,37)(H,38,39);1-7,10-12,21,25,31,33H,8-9,13H2,(H,32,37)(H,38,39)/t2*21-;21-,25?/m000/s1. The molecule has 3 heterocycles. The maximum atomic E-state index is 13.1. The predicted octanol–water partition coefficient (Wildman–Crippen LogP) is 13.3. The number of para-hydroxylation sites is 3. The maximum Gasteiger partial charge on any atom is 0.326 e. The van der Waals surface area contributed by atoms with Crippen molar-refractivity contribution in [1.82, 2.24) is 20.9 Å². The van der Waals surface area contributed by atoms with Crippen molar-refractivity contribution in [2.45, 2.75) is 82.0 Å². The van der Waals surface area contributed by atoms with Crippen LogP contribution in [0, 0.1) is 0 Å². The number of carbonyl (C=O) groups excluding carboxylic acids is 10. The number of hydrogen-bond donors (Lipinski definition) is 12. The Morgan fingerprint density at radius 3 is 1.18 bits per heavy atom. The van der Waals surface area contributed by atoms with Crippen LogP contribution in [0.1, 0.15) is 144 Å². The number of carboxylic acids is 3. The monoisotopic (exact) mass is 1750 g/mol. The van der Waals surface area contributed by atoms with Gasteiger partial charge in [0.15, 0.2) is 58.0 Å². The number of aromatic amines is 1. The summed E-state index contributed by atoms with van der Waals surface area (Å²) >= 11 is 37.7. The number of benzene rings is 9. The van der Waals surface area contributed by atoms with Crippen molar-refractivity contribution >= 4 is 189 Å². The van der Waals surface area contributed by atoms with Crippen molar-refractivity contribution < 1.29 is 106 Å².